The molecule has 0 fully saturated rings. The highest BCUT2D eigenvalue weighted by Crippen LogP contribution is 2.28. The van der Waals surface area contributed by atoms with Crippen molar-refractivity contribution in [2.75, 3.05) is 17.1 Å². The molecule has 214 valence electrons. The molecule has 1 N–H and O–H groups in total. The SMILES string of the molecule is CC(C)(C)NC(=O)[C@@H](Cc1ccccc1)N(Cc1c(Cl)cccc1Cl)C(=O)CN(c1ccc(Br)cc1)S(C)(=O)=O. The fraction of sp³-hybridized carbons (Fsp3) is 0.310. The highest BCUT2D eigenvalue weighted by molar-refractivity contribution is 9.10. The molecule has 0 aromatic heterocycles. The smallest absolute Gasteiger partial charge is 0.244 e. The number of nitrogens with zero attached hydrogens (tertiary/aromatic N) is 2. The third kappa shape index (κ3) is 8.96. The minimum Gasteiger partial charge on any atom is -0.350 e. The van der Waals surface area contributed by atoms with E-state index >= 15 is 0 Å². The minimum atomic E-state index is -3.86. The van der Waals surface area contributed by atoms with E-state index in [-0.39, 0.29) is 18.9 Å². The van der Waals surface area contributed by atoms with Crippen molar-refractivity contribution in [3.8, 4) is 0 Å². The van der Waals surface area contributed by atoms with E-state index in [1.165, 1.54) is 4.90 Å². The van der Waals surface area contributed by atoms with Crippen LogP contribution in [-0.2, 0) is 32.6 Å². The van der Waals surface area contributed by atoms with Crippen LogP contribution in [0.1, 0.15) is 31.9 Å². The second-order valence-electron chi connectivity index (χ2n) is 10.4. The number of halogens is 3. The summed E-state index contributed by atoms with van der Waals surface area (Å²) in [7, 11) is -3.86. The number of rotatable bonds is 10. The van der Waals surface area contributed by atoms with Gasteiger partial charge in [0.2, 0.25) is 21.8 Å². The average Bonchev–Trinajstić information content (AvgIpc) is 2.85. The van der Waals surface area contributed by atoms with Gasteiger partial charge in [0.1, 0.15) is 12.6 Å². The summed E-state index contributed by atoms with van der Waals surface area (Å²) >= 11 is 16.3. The lowest BCUT2D eigenvalue weighted by Crippen LogP contribution is -2.56. The van der Waals surface area contributed by atoms with Crippen molar-refractivity contribution in [2.45, 2.75) is 45.3 Å². The van der Waals surface area contributed by atoms with E-state index in [0.717, 1.165) is 20.6 Å². The zero-order chi connectivity index (χ0) is 29.7. The predicted octanol–water partition coefficient (Wildman–Crippen LogP) is 6.08. The van der Waals surface area contributed by atoms with Crippen molar-refractivity contribution in [3.63, 3.8) is 0 Å². The van der Waals surface area contributed by atoms with Crippen molar-refractivity contribution in [1.29, 1.82) is 0 Å². The number of hydrogen-bond donors (Lipinski definition) is 1. The van der Waals surface area contributed by atoms with Crippen LogP contribution in [0.4, 0.5) is 5.69 Å². The molecule has 0 aliphatic carbocycles. The van der Waals surface area contributed by atoms with Crippen LogP contribution in [0.5, 0.6) is 0 Å². The van der Waals surface area contributed by atoms with Gasteiger partial charge < -0.3 is 10.2 Å². The number of benzene rings is 3. The molecule has 0 saturated heterocycles. The lowest BCUT2D eigenvalue weighted by atomic mass is 10.0. The van der Waals surface area contributed by atoms with Crippen LogP contribution in [0.3, 0.4) is 0 Å². The summed E-state index contributed by atoms with van der Waals surface area (Å²) in [5, 5.41) is 3.63. The van der Waals surface area contributed by atoms with Crippen LogP contribution in [0.2, 0.25) is 10.0 Å². The second-order valence-corrected chi connectivity index (χ2v) is 14.0. The zero-order valence-corrected chi connectivity index (χ0v) is 26.6. The Balaban J connectivity index is 2.11. The van der Waals surface area contributed by atoms with Crippen LogP contribution in [-0.4, -0.2) is 49.5 Å². The van der Waals surface area contributed by atoms with E-state index in [9.17, 15) is 18.0 Å². The van der Waals surface area contributed by atoms with Crippen molar-refractivity contribution in [1.82, 2.24) is 10.2 Å². The van der Waals surface area contributed by atoms with Gasteiger partial charge >= 0.3 is 0 Å². The van der Waals surface area contributed by atoms with E-state index in [1.807, 2.05) is 51.1 Å². The number of carbonyl (C=O) groups is 2. The summed E-state index contributed by atoms with van der Waals surface area (Å²) in [6.45, 7) is 4.91. The first-order chi connectivity index (χ1) is 18.7. The molecule has 40 heavy (non-hydrogen) atoms. The highest BCUT2D eigenvalue weighted by atomic mass is 79.9. The van der Waals surface area contributed by atoms with Gasteiger partial charge in [-0.2, -0.15) is 0 Å². The highest BCUT2D eigenvalue weighted by Gasteiger charge is 2.35. The van der Waals surface area contributed by atoms with Crippen LogP contribution < -0.4 is 9.62 Å². The summed E-state index contributed by atoms with van der Waals surface area (Å²) in [4.78, 5) is 29.2. The first-order valence-electron chi connectivity index (χ1n) is 12.5. The van der Waals surface area contributed by atoms with Gasteiger partial charge in [-0.1, -0.05) is 75.5 Å². The molecule has 0 unspecified atom stereocenters. The van der Waals surface area contributed by atoms with Crippen molar-refractivity contribution >= 4 is 66.7 Å². The van der Waals surface area contributed by atoms with E-state index in [0.29, 0.717) is 21.3 Å². The number of amides is 2. The third-order valence-corrected chi connectivity index (χ3v) is 8.33. The fourth-order valence-electron chi connectivity index (χ4n) is 4.08. The maximum atomic E-state index is 14.1. The third-order valence-electron chi connectivity index (χ3n) is 5.95. The average molecular weight is 669 g/mol. The molecule has 0 aliphatic rings. The molecule has 1 atom stereocenters. The summed E-state index contributed by atoms with van der Waals surface area (Å²) in [5.41, 5.74) is 1.01. The Labute approximate surface area is 254 Å². The molecule has 3 aromatic rings. The summed E-state index contributed by atoms with van der Waals surface area (Å²) in [6, 6.07) is 19.9. The molecule has 3 rings (SSSR count). The maximum absolute atomic E-state index is 14.1. The molecule has 0 spiro atoms. The molecular weight excluding hydrogens is 637 g/mol. The number of sulfonamides is 1. The summed E-state index contributed by atoms with van der Waals surface area (Å²) in [6.07, 6.45) is 1.22. The Morgan fingerprint density at radius 3 is 2.02 bits per heavy atom. The molecule has 0 aliphatic heterocycles. The molecule has 0 radical (unpaired) electrons. The van der Waals surface area contributed by atoms with Gasteiger partial charge in [0.05, 0.1) is 11.9 Å². The normalized spacial score (nSPS) is 12.5. The molecule has 0 saturated carbocycles. The maximum Gasteiger partial charge on any atom is 0.244 e. The summed E-state index contributed by atoms with van der Waals surface area (Å²) in [5.74, 6) is -0.975. The van der Waals surface area contributed by atoms with Crippen molar-refractivity contribution in [2.24, 2.45) is 0 Å². The van der Waals surface area contributed by atoms with Gasteiger partial charge in [-0.25, -0.2) is 8.42 Å². The summed E-state index contributed by atoms with van der Waals surface area (Å²) < 4.78 is 27.5. The van der Waals surface area contributed by atoms with Crippen LogP contribution >= 0.6 is 39.1 Å². The molecule has 0 heterocycles. The number of nitrogens with one attached hydrogen (secondary N) is 1. The molecular formula is C29H32BrCl2N3O4S. The molecule has 3 aromatic carbocycles. The Kier molecular flexibility index (Phi) is 10.7. The number of anilines is 1. The Morgan fingerprint density at radius 1 is 0.925 bits per heavy atom. The second kappa shape index (κ2) is 13.4. The van der Waals surface area contributed by atoms with Crippen molar-refractivity contribution < 1.29 is 18.0 Å². The van der Waals surface area contributed by atoms with E-state index in [1.54, 1.807) is 42.5 Å². The topological polar surface area (TPSA) is 86.8 Å². The monoisotopic (exact) mass is 667 g/mol. The van der Waals surface area contributed by atoms with Gasteiger partial charge in [0.25, 0.3) is 0 Å². The van der Waals surface area contributed by atoms with Gasteiger partial charge in [-0.3, -0.25) is 13.9 Å². The number of carbonyl (C=O) groups excluding carboxylic acids is 2. The molecule has 7 nitrogen and oxygen atoms in total. The molecule has 2 amide bonds. The fourth-order valence-corrected chi connectivity index (χ4v) is 5.71. The first kappa shape index (κ1) is 31.9. The van der Waals surface area contributed by atoms with E-state index in [4.69, 9.17) is 23.2 Å². The zero-order valence-electron chi connectivity index (χ0n) is 22.7. The van der Waals surface area contributed by atoms with Crippen LogP contribution in [0.15, 0.2) is 77.3 Å². The minimum absolute atomic E-state index is 0.107. The van der Waals surface area contributed by atoms with Crippen molar-refractivity contribution in [3.05, 3.63) is 98.4 Å². The van der Waals surface area contributed by atoms with Gasteiger partial charge in [-0.15, -0.1) is 0 Å². The quantitative estimate of drug-likeness (QED) is 0.284. The van der Waals surface area contributed by atoms with Crippen LogP contribution in [0.25, 0.3) is 0 Å². The lowest BCUT2D eigenvalue weighted by Gasteiger charge is -2.35. The van der Waals surface area contributed by atoms with Crippen LogP contribution in [0, 0.1) is 0 Å². The largest absolute Gasteiger partial charge is 0.350 e. The number of hydrogen-bond acceptors (Lipinski definition) is 4. The van der Waals surface area contributed by atoms with Gasteiger partial charge in [-0.05, 0) is 62.7 Å². The Hall–Kier alpha value is -2.59. The van der Waals surface area contributed by atoms with Gasteiger partial charge in [0.15, 0.2) is 0 Å². The van der Waals surface area contributed by atoms with E-state index in [2.05, 4.69) is 21.2 Å². The van der Waals surface area contributed by atoms with E-state index < -0.39 is 34.1 Å². The predicted molar refractivity (Wildman–Crippen MR) is 165 cm³/mol. The first-order valence-corrected chi connectivity index (χ1v) is 15.9. The standard InChI is InChI=1S/C29H32BrCl2N3O4S/c1-29(2,3)33-28(37)26(17-20-9-6-5-7-10-20)34(18-23-24(31)11-8-12-25(23)32)27(36)19-35(40(4,38)39)22-15-13-21(30)14-16-22/h5-16,26H,17-19H2,1-4H3,(H,33,37)/t26-/m1/s1. The Morgan fingerprint density at radius 2 is 1.50 bits per heavy atom. The lowest BCUT2D eigenvalue weighted by molar-refractivity contribution is -0.140. The van der Waals surface area contributed by atoms with Gasteiger partial charge in [0, 0.05) is 38.6 Å². The Bertz CT molecular complexity index is 1430. The molecule has 11 heteroatoms. The molecule has 0 bridgehead atoms.